The van der Waals surface area contributed by atoms with E-state index in [1.165, 1.54) is 0 Å². The van der Waals surface area contributed by atoms with E-state index in [1.807, 2.05) is 0 Å². The van der Waals surface area contributed by atoms with Crippen LogP contribution in [-0.4, -0.2) is 33.7 Å². The van der Waals surface area contributed by atoms with Crippen LogP contribution in [0, 0.1) is 5.41 Å². The molecule has 0 rings (SSSR count). The highest BCUT2D eigenvalue weighted by Gasteiger charge is 2.40. The van der Waals surface area contributed by atoms with E-state index < -0.39 is 31.8 Å². The van der Waals surface area contributed by atoms with Crippen molar-refractivity contribution in [2.75, 3.05) is 12.9 Å². The summed E-state index contributed by atoms with van der Waals surface area (Å²) in [5.41, 5.74) is -1.10. The number of nitrogens with one attached hydrogen (secondary N) is 1. The molecule has 1 amide bonds. The number of carbonyl (C=O) groups is 1. The van der Waals surface area contributed by atoms with Crippen LogP contribution in [-0.2, 0) is 9.36 Å². The van der Waals surface area contributed by atoms with Gasteiger partial charge in [0.1, 0.15) is 6.73 Å². The third-order valence-electron chi connectivity index (χ3n) is 2.58. The van der Waals surface area contributed by atoms with Crippen LogP contribution in [0.4, 0.5) is 0 Å². The Balaban J connectivity index is 4.88. The molecule has 6 nitrogen and oxygen atoms in total. The molecule has 90 valence electrons. The van der Waals surface area contributed by atoms with Gasteiger partial charge < -0.3 is 20.2 Å². The number of hydrogen-bond donors (Lipinski definition) is 4. The van der Waals surface area contributed by atoms with E-state index in [-0.39, 0.29) is 0 Å². The minimum absolute atomic E-state index is 0.320. The zero-order valence-electron chi connectivity index (χ0n) is 8.93. The Morgan fingerprint density at radius 1 is 1.33 bits per heavy atom. The molecule has 0 saturated carbocycles. The topological polar surface area (TPSA) is 107 Å². The molecule has 0 unspecified atom stereocenters. The molecule has 0 aliphatic carbocycles. The molecule has 0 heterocycles. The van der Waals surface area contributed by atoms with Gasteiger partial charge in [-0.2, -0.15) is 0 Å². The first-order valence-corrected chi connectivity index (χ1v) is 6.55. The fourth-order valence-corrected chi connectivity index (χ4v) is 2.90. The molecule has 0 fully saturated rings. The molecule has 7 heteroatoms. The number of hydrogen-bond acceptors (Lipinski definition) is 3. The van der Waals surface area contributed by atoms with Gasteiger partial charge in [0, 0.05) is 0 Å². The fourth-order valence-electron chi connectivity index (χ4n) is 1.52. The molecule has 0 aliphatic rings. The molecule has 0 radical (unpaired) electrons. The van der Waals surface area contributed by atoms with E-state index in [0.29, 0.717) is 12.8 Å². The van der Waals surface area contributed by atoms with Crippen LogP contribution >= 0.6 is 7.60 Å². The lowest BCUT2D eigenvalue weighted by atomic mass is 9.83. The standard InChI is InChI=1S/C8H18NO5P/c1-3-8(4-2,5-15(12,13)14)7(11)9-6-10/h10H,3-6H2,1-2H3,(H,9,11)(H2,12,13,14). The van der Waals surface area contributed by atoms with Crippen molar-refractivity contribution in [3.8, 4) is 0 Å². The molecule has 0 spiro atoms. The van der Waals surface area contributed by atoms with Gasteiger partial charge in [-0.25, -0.2) is 0 Å². The summed E-state index contributed by atoms with van der Waals surface area (Å²) in [6.45, 7) is 2.86. The number of aliphatic hydroxyl groups excluding tert-OH is 1. The van der Waals surface area contributed by atoms with Gasteiger partial charge in [-0.1, -0.05) is 13.8 Å². The number of aliphatic hydroxyl groups is 1. The van der Waals surface area contributed by atoms with Gasteiger partial charge in [0.2, 0.25) is 5.91 Å². The van der Waals surface area contributed by atoms with Crippen LogP contribution in [0.1, 0.15) is 26.7 Å². The molecular weight excluding hydrogens is 221 g/mol. The molecule has 0 atom stereocenters. The van der Waals surface area contributed by atoms with E-state index in [9.17, 15) is 9.36 Å². The van der Waals surface area contributed by atoms with Crippen LogP contribution in [0.3, 0.4) is 0 Å². The zero-order chi connectivity index (χ0) is 12.1. The van der Waals surface area contributed by atoms with Gasteiger partial charge in [0.15, 0.2) is 0 Å². The predicted octanol–water partition coefficient (Wildman–Crippen LogP) is 0.0365. The number of amides is 1. The Labute approximate surface area is 88.9 Å². The first-order valence-electron chi connectivity index (χ1n) is 4.75. The summed E-state index contributed by atoms with van der Waals surface area (Å²) in [5, 5.41) is 10.7. The smallest absolute Gasteiger partial charge is 0.326 e. The summed E-state index contributed by atoms with van der Waals surface area (Å²) in [6, 6.07) is 0. The Morgan fingerprint density at radius 3 is 2.07 bits per heavy atom. The van der Waals surface area contributed by atoms with Crippen molar-refractivity contribution in [3.63, 3.8) is 0 Å². The van der Waals surface area contributed by atoms with Gasteiger partial charge in [0.05, 0.1) is 11.6 Å². The summed E-state index contributed by atoms with van der Waals surface area (Å²) in [5.74, 6) is -0.515. The van der Waals surface area contributed by atoms with Crippen LogP contribution in [0.15, 0.2) is 0 Å². The van der Waals surface area contributed by atoms with E-state index in [0.717, 1.165) is 0 Å². The van der Waals surface area contributed by atoms with Crippen molar-refractivity contribution in [3.05, 3.63) is 0 Å². The highest BCUT2D eigenvalue weighted by molar-refractivity contribution is 7.51. The van der Waals surface area contributed by atoms with Crippen LogP contribution in [0.5, 0.6) is 0 Å². The van der Waals surface area contributed by atoms with Crippen LogP contribution < -0.4 is 5.32 Å². The minimum atomic E-state index is -4.24. The summed E-state index contributed by atoms with van der Waals surface area (Å²) < 4.78 is 10.9. The molecule has 0 aromatic heterocycles. The SMILES string of the molecule is CCC(CC)(CP(=O)(O)O)C(=O)NCO. The predicted molar refractivity (Wildman–Crippen MR) is 55.2 cm³/mol. The second-order valence-corrected chi connectivity index (χ2v) is 5.12. The third-order valence-corrected chi connectivity index (χ3v) is 3.60. The normalized spacial score (nSPS) is 12.6. The highest BCUT2D eigenvalue weighted by atomic mass is 31.2. The van der Waals surface area contributed by atoms with Crippen molar-refractivity contribution < 1.29 is 24.3 Å². The Morgan fingerprint density at radius 2 is 1.80 bits per heavy atom. The van der Waals surface area contributed by atoms with E-state index in [4.69, 9.17) is 14.9 Å². The van der Waals surface area contributed by atoms with Gasteiger partial charge in [-0.15, -0.1) is 0 Å². The van der Waals surface area contributed by atoms with Crippen LogP contribution in [0.25, 0.3) is 0 Å². The minimum Gasteiger partial charge on any atom is -0.377 e. The van der Waals surface area contributed by atoms with Crippen molar-refractivity contribution in [2.24, 2.45) is 5.41 Å². The lowest BCUT2D eigenvalue weighted by Gasteiger charge is -2.29. The lowest BCUT2D eigenvalue weighted by Crippen LogP contribution is -2.43. The number of rotatable bonds is 6. The second-order valence-electron chi connectivity index (χ2n) is 3.47. The van der Waals surface area contributed by atoms with E-state index in [1.54, 1.807) is 13.8 Å². The van der Waals surface area contributed by atoms with Crippen molar-refractivity contribution in [1.82, 2.24) is 5.32 Å². The zero-order valence-corrected chi connectivity index (χ0v) is 9.83. The molecule has 0 saturated heterocycles. The average molecular weight is 239 g/mol. The quantitative estimate of drug-likeness (QED) is 0.386. The van der Waals surface area contributed by atoms with Gasteiger partial charge >= 0.3 is 7.60 Å². The van der Waals surface area contributed by atoms with Crippen LogP contribution in [0.2, 0.25) is 0 Å². The molecule has 4 N–H and O–H groups in total. The largest absolute Gasteiger partial charge is 0.377 e. The number of carbonyl (C=O) groups excluding carboxylic acids is 1. The Hall–Kier alpha value is -0.420. The first-order chi connectivity index (χ1) is 6.81. The second kappa shape index (κ2) is 5.61. The molecule has 0 aromatic rings. The molecule has 15 heavy (non-hydrogen) atoms. The van der Waals surface area contributed by atoms with E-state index >= 15 is 0 Å². The monoisotopic (exact) mass is 239 g/mol. The Bertz CT molecular complexity index is 258. The molecule has 0 aliphatic heterocycles. The molecular formula is C8H18NO5P. The molecule has 0 aromatic carbocycles. The average Bonchev–Trinajstić information content (AvgIpc) is 2.13. The third kappa shape index (κ3) is 4.30. The molecule has 0 bridgehead atoms. The van der Waals surface area contributed by atoms with Gasteiger partial charge in [-0.3, -0.25) is 9.36 Å². The van der Waals surface area contributed by atoms with Crippen molar-refractivity contribution in [1.29, 1.82) is 0 Å². The highest BCUT2D eigenvalue weighted by Crippen LogP contribution is 2.45. The summed E-state index contributed by atoms with van der Waals surface area (Å²) in [4.78, 5) is 29.4. The fraction of sp³-hybridized carbons (Fsp3) is 0.875. The van der Waals surface area contributed by atoms with E-state index in [2.05, 4.69) is 5.32 Å². The Kier molecular flexibility index (Phi) is 5.45. The summed E-state index contributed by atoms with van der Waals surface area (Å²) >= 11 is 0. The van der Waals surface area contributed by atoms with Gasteiger partial charge in [-0.05, 0) is 12.8 Å². The maximum atomic E-state index is 11.6. The maximum Gasteiger partial charge on any atom is 0.326 e. The lowest BCUT2D eigenvalue weighted by molar-refractivity contribution is -0.131. The van der Waals surface area contributed by atoms with Gasteiger partial charge in [0.25, 0.3) is 0 Å². The summed E-state index contributed by atoms with van der Waals surface area (Å²) in [6.07, 6.45) is 0.153. The summed E-state index contributed by atoms with van der Waals surface area (Å²) in [7, 11) is -4.24. The van der Waals surface area contributed by atoms with Crippen molar-refractivity contribution >= 4 is 13.5 Å². The first kappa shape index (κ1) is 14.6. The van der Waals surface area contributed by atoms with Crippen molar-refractivity contribution in [2.45, 2.75) is 26.7 Å². The maximum absolute atomic E-state index is 11.6.